The van der Waals surface area contributed by atoms with Gasteiger partial charge in [-0.3, -0.25) is 14.4 Å². The molecule has 0 amide bonds. The zero-order valence-corrected chi connectivity index (χ0v) is 54.1. The van der Waals surface area contributed by atoms with Crippen molar-refractivity contribution in [2.45, 2.75) is 374 Å². The molecule has 0 spiro atoms. The molecule has 0 aliphatic rings. The monoisotopic (exact) mass is 1130 g/mol. The van der Waals surface area contributed by atoms with E-state index in [0.29, 0.717) is 19.3 Å². The van der Waals surface area contributed by atoms with Gasteiger partial charge in [0.05, 0.1) is 0 Å². The number of carbonyl (C=O) groups is 3. The molecule has 0 aromatic heterocycles. The van der Waals surface area contributed by atoms with Crippen LogP contribution in [0.1, 0.15) is 367 Å². The molecule has 0 rings (SSSR count). The van der Waals surface area contributed by atoms with Gasteiger partial charge >= 0.3 is 17.9 Å². The molecule has 0 aromatic rings. The average molecular weight is 1130 g/mol. The summed E-state index contributed by atoms with van der Waals surface area (Å²) in [4.78, 5) is 38.4. The van der Waals surface area contributed by atoms with Gasteiger partial charge in [-0.25, -0.2) is 0 Å². The van der Waals surface area contributed by atoms with Gasteiger partial charge in [-0.15, -0.1) is 0 Å². The number of carbonyl (C=O) groups excluding carboxylic acids is 3. The molecule has 0 heterocycles. The molecule has 81 heavy (non-hydrogen) atoms. The maximum absolute atomic E-state index is 12.9. The van der Waals surface area contributed by atoms with Crippen LogP contribution in [0.5, 0.6) is 0 Å². The van der Waals surface area contributed by atoms with Gasteiger partial charge < -0.3 is 14.2 Å². The average Bonchev–Trinajstić information content (AvgIpc) is 3.47. The Hall–Kier alpha value is -3.15. The van der Waals surface area contributed by atoms with E-state index in [9.17, 15) is 14.4 Å². The normalized spacial score (nSPS) is 12.5. The SMILES string of the molecule is CC/C=C\C/C=C\C/C=C\C/C=C\C/C=C\CCCCCCCCCCCC(=O)OC(COC(=O)CCCCCCCCCCCCC)COC(=O)CCCCCCCCCCCCCCCCC/C=C\CCCCCCCCCC. The van der Waals surface area contributed by atoms with Crippen molar-refractivity contribution in [3.05, 3.63) is 72.9 Å². The Bertz CT molecular complexity index is 1490. The van der Waals surface area contributed by atoms with Crippen molar-refractivity contribution in [1.29, 1.82) is 0 Å². The summed E-state index contributed by atoms with van der Waals surface area (Å²) in [5.41, 5.74) is 0. The third-order valence-electron chi connectivity index (χ3n) is 15.7. The van der Waals surface area contributed by atoms with Crippen molar-refractivity contribution in [2.75, 3.05) is 13.2 Å². The molecule has 0 aromatic carbocycles. The molecular weight excluding hydrogens is 997 g/mol. The quantitative estimate of drug-likeness (QED) is 0.0261. The van der Waals surface area contributed by atoms with Crippen LogP contribution in [0.4, 0.5) is 0 Å². The number of allylic oxidation sites excluding steroid dienone is 12. The molecule has 0 bridgehead atoms. The van der Waals surface area contributed by atoms with Gasteiger partial charge in [-0.2, -0.15) is 0 Å². The number of unbranched alkanes of at least 4 members (excludes halogenated alkanes) is 42. The predicted molar refractivity (Wildman–Crippen MR) is 353 cm³/mol. The summed E-state index contributed by atoms with van der Waals surface area (Å²) < 4.78 is 17.0. The Morgan fingerprint density at radius 2 is 0.481 bits per heavy atom. The highest BCUT2D eigenvalue weighted by Gasteiger charge is 2.19. The van der Waals surface area contributed by atoms with Gasteiger partial charge in [-0.05, 0) is 89.9 Å². The largest absolute Gasteiger partial charge is 0.462 e. The van der Waals surface area contributed by atoms with Gasteiger partial charge in [0.2, 0.25) is 0 Å². The van der Waals surface area contributed by atoms with Gasteiger partial charge in [0.15, 0.2) is 6.10 Å². The first-order valence-electron chi connectivity index (χ1n) is 35.4. The third-order valence-corrected chi connectivity index (χ3v) is 15.7. The van der Waals surface area contributed by atoms with Gasteiger partial charge in [0.1, 0.15) is 13.2 Å². The number of rotatable bonds is 65. The minimum atomic E-state index is -0.777. The third kappa shape index (κ3) is 67.5. The standard InChI is InChI=1S/C75H134O6/c1-4-7-10-13-16-19-22-24-26-28-30-32-34-36-37-39-40-42-44-46-48-50-53-56-59-62-65-68-74(77)80-71-72(70-79-73(76)67-64-61-58-55-52-21-18-15-12-9-6-3)81-75(78)69-66-63-60-57-54-51-49-47-45-43-41-38-35-33-31-29-27-25-23-20-17-14-11-8-5-2/h8,11,17,20,25,27-28,30-31,33,38,41,72H,4-7,9-10,12-16,18-19,21-24,26,29,32,34-37,39-40,42-71H2,1-3H3/b11-8-,20-17-,27-25-,30-28-,33-31-,41-38-. The van der Waals surface area contributed by atoms with E-state index in [4.69, 9.17) is 14.2 Å². The highest BCUT2D eigenvalue weighted by molar-refractivity contribution is 5.71. The molecule has 0 saturated carbocycles. The summed E-state index contributed by atoms with van der Waals surface area (Å²) in [5, 5.41) is 0. The zero-order valence-electron chi connectivity index (χ0n) is 54.1. The van der Waals surface area contributed by atoms with Crippen LogP contribution in [0.2, 0.25) is 0 Å². The molecule has 0 radical (unpaired) electrons. The first-order chi connectivity index (χ1) is 40.0. The maximum atomic E-state index is 12.9. The Morgan fingerprint density at radius 1 is 0.259 bits per heavy atom. The van der Waals surface area contributed by atoms with Gasteiger partial charge in [-0.1, -0.05) is 331 Å². The Kier molecular flexibility index (Phi) is 66.6. The second-order valence-electron chi connectivity index (χ2n) is 23.8. The number of hydrogen-bond acceptors (Lipinski definition) is 6. The molecule has 470 valence electrons. The maximum Gasteiger partial charge on any atom is 0.306 e. The summed E-state index contributed by atoms with van der Waals surface area (Å²) in [5.74, 6) is -0.859. The van der Waals surface area contributed by atoms with Crippen LogP contribution in [0.3, 0.4) is 0 Å². The lowest BCUT2D eigenvalue weighted by atomic mass is 10.0. The number of hydrogen-bond donors (Lipinski definition) is 0. The summed E-state index contributed by atoms with van der Waals surface area (Å²) >= 11 is 0. The summed E-state index contributed by atoms with van der Waals surface area (Å²) in [7, 11) is 0. The van der Waals surface area contributed by atoms with Crippen molar-refractivity contribution in [3.8, 4) is 0 Å². The fraction of sp³-hybridized carbons (Fsp3) is 0.800. The zero-order chi connectivity index (χ0) is 58.5. The molecule has 6 heteroatoms. The second-order valence-corrected chi connectivity index (χ2v) is 23.8. The first-order valence-corrected chi connectivity index (χ1v) is 35.4. The molecule has 0 aliphatic carbocycles. The highest BCUT2D eigenvalue weighted by Crippen LogP contribution is 2.18. The van der Waals surface area contributed by atoms with E-state index in [-0.39, 0.29) is 31.1 Å². The van der Waals surface area contributed by atoms with E-state index in [1.54, 1.807) is 0 Å². The Balaban J connectivity index is 4.21. The fourth-order valence-corrected chi connectivity index (χ4v) is 10.4. The topological polar surface area (TPSA) is 78.9 Å². The van der Waals surface area contributed by atoms with Crippen LogP contribution in [0.15, 0.2) is 72.9 Å². The Labute approximate surface area is 503 Å². The fourth-order valence-electron chi connectivity index (χ4n) is 10.4. The van der Waals surface area contributed by atoms with Crippen molar-refractivity contribution in [1.82, 2.24) is 0 Å². The highest BCUT2D eigenvalue weighted by atomic mass is 16.6. The Morgan fingerprint density at radius 3 is 0.765 bits per heavy atom. The van der Waals surface area contributed by atoms with Crippen LogP contribution in [-0.2, 0) is 28.6 Å². The second kappa shape index (κ2) is 69.3. The van der Waals surface area contributed by atoms with E-state index >= 15 is 0 Å². The summed E-state index contributed by atoms with van der Waals surface area (Å²) in [6.07, 6.45) is 90.8. The minimum absolute atomic E-state index is 0.0735. The van der Waals surface area contributed by atoms with Crippen molar-refractivity contribution in [2.24, 2.45) is 0 Å². The van der Waals surface area contributed by atoms with Gasteiger partial charge in [0.25, 0.3) is 0 Å². The van der Waals surface area contributed by atoms with E-state index < -0.39 is 6.10 Å². The molecule has 1 atom stereocenters. The lowest BCUT2D eigenvalue weighted by molar-refractivity contribution is -0.167. The van der Waals surface area contributed by atoms with Crippen molar-refractivity contribution in [3.63, 3.8) is 0 Å². The molecule has 0 N–H and O–H groups in total. The number of esters is 3. The van der Waals surface area contributed by atoms with Crippen molar-refractivity contribution < 1.29 is 28.6 Å². The minimum Gasteiger partial charge on any atom is -0.462 e. The van der Waals surface area contributed by atoms with Crippen LogP contribution in [-0.4, -0.2) is 37.2 Å². The summed E-state index contributed by atoms with van der Waals surface area (Å²) in [6.45, 7) is 6.57. The van der Waals surface area contributed by atoms with Crippen LogP contribution in [0.25, 0.3) is 0 Å². The molecule has 1 unspecified atom stereocenters. The lowest BCUT2D eigenvalue weighted by Gasteiger charge is -2.18. The van der Waals surface area contributed by atoms with E-state index in [2.05, 4.69) is 93.7 Å². The van der Waals surface area contributed by atoms with Crippen LogP contribution in [0, 0.1) is 0 Å². The first kappa shape index (κ1) is 77.9. The molecule has 0 saturated heterocycles. The summed E-state index contributed by atoms with van der Waals surface area (Å²) in [6, 6.07) is 0. The predicted octanol–water partition coefficient (Wildman–Crippen LogP) is 24.4. The van der Waals surface area contributed by atoms with E-state index in [0.717, 1.165) is 96.3 Å². The smallest absolute Gasteiger partial charge is 0.306 e. The van der Waals surface area contributed by atoms with E-state index in [1.807, 2.05) is 0 Å². The molecule has 6 nitrogen and oxygen atoms in total. The molecule has 0 fully saturated rings. The molecule has 0 aliphatic heterocycles. The van der Waals surface area contributed by atoms with Crippen molar-refractivity contribution >= 4 is 17.9 Å². The molecular formula is C75H134O6. The van der Waals surface area contributed by atoms with Crippen LogP contribution >= 0.6 is 0 Å². The van der Waals surface area contributed by atoms with Crippen LogP contribution < -0.4 is 0 Å². The van der Waals surface area contributed by atoms with E-state index in [1.165, 1.54) is 231 Å². The lowest BCUT2D eigenvalue weighted by Crippen LogP contribution is -2.30. The van der Waals surface area contributed by atoms with Gasteiger partial charge in [0, 0.05) is 19.3 Å². The number of ether oxygens (including phenoxy) is 3.